The maximum absolute atomic E-state index is 12.2. The molecule has 0 atom stereocenters. The summed E-state index contributed by atoms with van der Waals surface area (Å²) >= 11 is 2.12. The Hall–Kier alpha value is -1.97. The highest BCUT2D eigenvalue weighted by molar-refractivity contribution is 14.1. The Morgan fingerprint density at radius 1 is 1.05 bits per heavy atom. The lowest BCUT2D eigenvalue weighted by atomic mass is 10.0. The zero-order valence-electron chi connectivity index (χ0n) is 11.3. The molecule has 1 aromatic carbocycles. The molecule has 0 aliphatic carbocycles. The molecule has 1 N–H and O–H groups in total. The van der Waals surface area contributed by atoms with Gasteiger partial charge >= 0.3 is 6.03 Å². The van der Waals surface area contributed by atoms with Crippen LogP contribution in [-0.4, -0.2) is 47.6 Å². The van der Waals surface area contributed by atoms with Crippen LogP contribution in [0, 0.1) is 9.49 Å². The highest BCUT2D eigenvalue weighted by atomic mass is 127. The van der Waals surface area contributed by atoms with E-state index in [9.17, 15) is 19.2 Å². The van der Waals surface area contributed by atoms with Crippen LogP contribution in [0.3, 0.4) is 0 Å². The van der Waals surface area contributed by atoms with Gasteiger partial charge in [0.15, 0.2) is 5.92 Å². The van der Waals surface area contributed by atoms with E-state index in [1.807, 2.05) is 0 Å². The van der Waals surface area contributed by atoms with Crippen molar-refractivity contribution in [1.82, 2.24) is 9.80 Å². The van der Waals surface area contributed by atoms with Gasteiger partial charge in [0.25, 0.3) is 11.8 Å². The standard InChI is InChI=1S/C13H12IN3O4/c1-16-11(19)9(12(20)17(2)13(16)21)10(18)15-8-5-3-7(14)4-6-8/h3-6,9H,1-2H3,(H,15,18). The maximum Gasteiger partial charge on any atom is 0.332 e. The average Bonchev–Trinajstić information content (AvgIpc) is 2.46. The molecule has 7 nitrogen and oxygen atoms in total. The Bertz CT molecular complexity index is 605. The van der Waals surface area contributed by atoms with Crippen LogP contribution in [0.15, 0.2) is 24.3 Å². The number of benzene rings is 1. The molecule has 110 valence electrons. The molecule has 0 saturated carbocycles. The fourth-order valence-electron chi connectivity index (χ4n) is 1.88. The van der Waals surface area contributed by atoms with E-state index in [0.29, 0.717) is 5.69 Å². The quantitative estimate of drug-likeness (QED) is 0.590. The van der Waals surface area contributed by atoms with Crippen LogP contribution in [0.25, 0.3) is 0 Å². The number of carbonyl (C=O) groups excluding carboxylic acids is 4. The molecule has 1 saturated heterocycles. The van der Waals surface area contributed by atoms with Gasteiger partial charge in [-0.15, -0.1) is 0 Å². The molecule has 0 radical (unpaired) electrons. The zero-order valence-corrected chi connectivity index (χ0v) is 13.4. The SMILES string of the molecule is CN1C(=O)C(C(=O)Nc2ccc(I)cc2)C(=O)N(C)C1=O. The first-order valence-corrected chi connectivity index (χ1v) is 7.06. The second-order valence-corrected chi connectivity index (χ2v) is 5.75. The first-order chi connectivity index (χ1) is 9.82. The minimum absolute atomic E-state index is 0.475. The number of anilines is 1. The lowest BCUT2D eigenvalue weighted by Crippen LogP contribution is -2.59. The van der Waals surface area contributed by atoms with Crippen LogP contribution in [-0.2, 0) is 14.4 Å². The van der Waals surface area contributed by atoms with Gasteiger partial charge in [0.05, 0.1) is 0 Å². The summed E-state index contributed by atoms with van der Waals surface area (Å²) in [5.74, 6) is -3.95. The first kappa shape index (κ1) is 15.4. The third-order valence-corrected chi connectivity index (χ3v) is 3.82. The average molecular weight is 401 g/mol. The Morgan fingerprint density at radius 2 is 1.52 bits per heavy atom. The minimum Gasteiger partial charge on any atom is -0.325 e. The van der Waals surface area contributed by atoms with E-state index in [0.717, 1.165) is 13.4 Å². The van der Waals surface area contributed by atoms with Crippen molar-refractivity contribution in [2.24, 2.45) is 5.92 Å². The molecule has 2 rings (SSSR count). The summed E-state index contributed by atoms with van der Waals surface area (Å²) in [7, 11) is 2.47. The van der Waals surface area contributed by atoms with E-state index in [1.165, 1.54) is 14.1 Å². The topological polar surface area (TPSA) is 86.8 Å². The number of imide groups is 2. The molecule has 0 unspecified atom stereocenters. The summed E-state index contributed by atoms with van der Waals surface area (Å²) in [5, 5.41) is 2.51. The van der Waals surface area contributed by atoms with Crippen molar-refractivity contribution < 1.29 is 19.2 Å². The largest absolute Gasteiger partial charge is 0.332 e. The van der Waals surface area contributed by atoms with Crippen LogP contribution in [0.2, 0.25) is 0 Å². The highest BCUT2D eigenvalue weighted by Crippen LogP contribution is 2.18. The molecule has 1 fully saturated rings. The Balaban J connectivity index is 2.21. The number of carbonyl (C=O) groups is 4. The predicted molar refractivity (Wildman–Crippen MR) is 82.2 cm³/mol. The molecule has 1 heterocycles. The third kappa shape index (κ3) is 2.89. The van der Waals surface area contributed by atoms with E-state index < -0.39 is 29.7 Å². The summed E-state index contributed by atoms with van der Waals surface area (Å²) in [4.78, 5) is 49.2. The predicted octanol–water partition coefficient (Wildman–Crippen LogP) is 0.896. The van der Waals surface area contributed by atoms with Crippen molar-refractivity contribution in [3.8, 4) is 0 Å². The normalized spacial score (nSPS) is 16.4. The number of amides is 5. The second-order valence-electron chi connectivity index (χ2n) is 4.51. The van der Waals surface area contributed by atoms with Crippen LogP contribution in [0.4, 0.5) is 10.5 Å². The lowest BCUT2D eigenvalue weighted by molar-refractivity contribution is -0.151. The van der Waals surface area contributed by atoms with Gasteiger partial charge in [0.1, 0.15) is 0 Å². The molecule has 1 aliphatic rings. The van der Waals surface area contributed by atoms with E-state index in [2.05, 4.69) is 27.9 Å². The van der Waals surface area contributed by atoms with Gasteiger partial charge in [-0.25, -0.2) is 4.79 Å². The van der Waals surface area contributed by atoms with Crippen molar-refractivity contribution in [1.29, 1.82) is 0 Å². The van der Waals surface area contributed by atoms with E-state index in [-0.39, 0.29) is 0 Å². The Kier molecular flexibility index (Phi) is 4.26. The van der Waals surface area contributed by atoms with Gasteiger partial charge in [-0.2, -0.15) is 0 Å². The molecule has 0 aromatic heterocycles. The van der Waals surface area contributed by atoms with E-state index >= 15 is 0 Å². The van der Waals surface area contributed by atoms with Crippen molar-refractivity contribution in [3.63, 3.8) is 0 Å². The molecule has 1 aliphatic heterocycles. The van der Waals surface area contributed by atoms with Gasteiger partial charge in [-0.1, -0.05) is 0 Å². The second kappa shape index (κ2) is 5.80. The Labute approximate surface area is 134 Å². The van der Waals surface area contributed by atoms with Gasteiger partial charge in [-0.3, -0.25) is 24.2 Å². The summed E-state index contributed by atoms with van der Waals surface area (Å²) in [6.45, 7) is 0. The molecular weight excluding hydrogens is 389 g/mol. The van der Waals surface area contributed by atoms with Gasteiger partial charge in [-0.05, 0) is 46.9 Å². The first-order valence-electron chi connectivity index (χ1n) is 5.98. The molecule has 1 aromatic rings. The zero-order chi connectivity index (χ0) is 15.7. The molecule has 0 spiro atoms. The number of nitrogens with one attached hydrogen (secondary N) is 1. The fraction of sp³-hybridized carbons (Fsp3) is 0.231. The van der Waals surface area contributed by atoms with E-state index in [4.69, 9.17) is 0 Å². The molecule has 5 amide bonds. The molecule has 21 heavy (non-hydrogen) atoms. The van der Waals surface area contributed by atoms with Gasteiger partial charge in [0.2, 0.25) is 5.91 Å². The summed E-state index contributed by atoms with van der Waals surface area (Å²) in [6, 6.07) is 6.14. The van der Waals surface area contributed by atoms with Crippen molar-refractivity contribution in [3.05, 3.63) is 27.8 Å². The van der Waals surface area contributed by atoms with E-state index in [1.54, 1.807) is 24.3 Å². The van der Waals surface area contributed by atoms with Gasteiger partial charge < -0.3 is 5.32 Å². The van der Waals surface area contributed by atoms with Crippen LogP contribution < -0.4 is 5.32 Å². The third-order valence-electron chi connectivity index (χ3n) is 3.10. The number of urea groups is 1. The summed E-state index contributed by atoms with van der Waals surface area (Å²) in [5.41, 5.74) is 0.475. The van der Waals surface area contributed by atoms with Gasteiger partial charge in [0, 0.05) is 23.4 Å². The smallest absolute Gasteiger partial charge is 0.325 e. The van der Waals surface area contributed by atoms with Crippen LogP contribution in [0.1, 0.15) is 0 Å². The number of hydrogen-bond acceptors (Lipinski definition) is 4. The maximum atomic E-state index is 12.2. The van der Waals surface area contributed by atoms with Crippen molar-refractivity contribution >= 4 is 52.0 Å². The molecule has 8 heteroatoms. The van der Waals surface area contributed by atoms with Crippen LogP contribution >= 0.6 is 22.6 Å². The number of barbiturate groups is 1. The molecule has 0 bridgehead atoms. The summed E-state index contributed by atoms with van der Waals surface area (Å²) in [6.07, 6.45) is 0. The Morgan fingerprint density at radius 3 is 2.00 bits per heavy atom. The number of hydrogen-bond donors (Lipinski definition) is 1. The lowest BCUT2D eigenvalue weighted by Gasteiger charge is -2.32. The fourth-order valence-corrected chi connectivity index (χ4v) is 2.24. The monoisotopic (exact) mass is 401 g/mol. The molecular formula is C13H12IN3O4. The van der Waals surface area contributed by atoms with Crippen LogP contribution in [0.5, 0.6) is 0 Å². The van der Waals surface area contributed by atoms with Crippen molar-refractivity contribution in [2.75, 3.05) is 19.4 Å². The number of rotatable bonds is 2. The number of nitrogens with zero attached hydrogens (tertiary/aromatic N) is 2. The number of halogens is 1. The van der Waals surface area contributed by atoms with Crippen molar-refractivity contribution in [2.45, 2.75) is 0 Å². The highest BCUT2D eigenvalue weighted by Gasteiger charge is 2.46. The minimum atomic E-state index is -1.54. The summed E-state index contributed by atoms with van der Waals surface area (Å²) < 4.78 is 0.987.